The van der Waals surface area contributed by atoms with E-state index in [-0.39, 0.29) is 18.2 Å². The number of piperazine rings is 1. The van der Waals surface area contributed by atoms with Crippen molar-refractivity contribution in [3.05, 3.63) is 29.3 Å². The zero-order valence-corrected chi connectivity index (χ0v) is 12.7. The third-order valence-electron chi connectivity index (χ3n) is 4.15. The SMILES string of the molecule is O=CN1CCN([C@@H]2CC(=O)N(c3ccc(Cl)cc3)C2=O)CC1. The van der Waals surface area contributed by atoms with Crippen molar-refractivity contribution in [2.75, 3.05) is 31.1 Å². The molecule has 0 unspecified atom stereocenters. The number of imide groups is 1. The Labute approximate surface area is 133 Å². The summed E-state index contributed by atoms with van der Waals surface area (Å²) in [5, 5.41) is 0.560. The monoisotopic (exact) mass is 321 g/mol. The second-order valence-electron chi connectivity index (χ2n) is 5.44. The average molecular weight is 322 g/mol. The second kappa shape index (κ2) is 6.06. The molecule has 2 heterocycles. The van der Waals surface area contributed by atoms with E-state index in [1.54, 1.807) is 29.2 Å². The fourth-order valence-corrected chi connectivity index (χ4v) is 3.04. The van der Waals surface area contributed by atoms with Crippen LogP contribution in [0, 0.1) is 0 Å². The Morgan fingerprint density at radius 2 is 1.68 bits per heavy atom. The van der Waals surface area contributed by atoms with Crippen LogP contribution in [-0.4, -0.2) is 60.2 Å². The van der Waals surface area contributed by atoms with Crippen molar-refractivity contribution < 1.29 is 14.4 Å². The molecule has 22 heavy (non-hydrogen) atoms. The van der Waals surface area contributed by atoms with Crippen LogP contribution in [0.5, 0.6) is 0 Å². The first-order valence-corrected chi connectivity index (χ1v) is 7.53. The number of amides is 3. The molecule has 2 aliphatic heterocycles. The van der Waals surface area contributed by atoms with Gasteiger partial charge in [0.15, 0.2) is 0 Å². The van der Waals surface area contributed by atoms with Crippen LogP contribution in [-0.2, 0) is 14.4 Å². The molecule has 0 aliphatic carbocycles. The summed E-state index contributed by atoms with van der Waals surface area (Å²) in [4.78, 5) is 40.4. The van der Waals surface area contributed by atoms with Gasteiger partial charge in [-0.25, -0.2) is 4.90 Å². The van der Waals surface area contributed by atoms with E-state index in [9.17, 15) is 14.4 Å². The first kappa shape index (κ1) is 15.0. The molecule has 2 aliphatic rings. The van der Waals surface area contributed by atoms with E-state index in [1.807, 2.05) is 4.90 Å². The van der Waals surface area contributed by atoms with Gasteiger partial charge in [0.05, 0.1) is 18.2 Å². The summed E-state index contributed by atoms with van der Waals surface area (Å²) in [7, 11) is 0. The summed E-state index contributed by atoms with van der Waals surface area (Å²) in [6.45, 7) is 2.39. The van der Waals surface area contributed by atoms with Gasteiger partial charge in [0.1, 0.15) is 0 Å². The van der Waals surface area contributed by atoms with E-state index < -0.39 is 6.04 Å². The molecule has 3 amide bonds. The van der Waals surface area contributed by atoms with Gasteiger partial charge in [0.2, 0.25) is 12.3 Å². The lowest BCUT2D eigenvalue weighted by Gasteiger charge is -2.35. The number of carbonyl (C=O) groups is 3. The molecule has 6 nitrogen and oxygen atoms in total. The molecule has 0 saturated carbocycles. The zero-order valence-electron chi connectivity index (χ0n) is 11.9. The fourth-order valence-electron chi connectivity index (χ4n) is 2.92. The minimum absolute atomic E-state index is 0.183. The first-order chi connectivity index (χ1) is 10.6. The normalized spacial score (nSPS) is 23.2. The van der Waals surface area contributed by atoms with Gasteiger partial charge in [0.25, 0.3) is 5.91 Å². The topological polar surface area (TPSA) is 60.9 Å². The van der Waals surface area contributed by atoms with Crippen LogP contribution in [0.1, 0.15) is 6.42 Å². The Bertz CT molecular complexity index is 597. The third-order valence-corrected chi connectivity index (χ3v) is 4.40. The Morgan fingerprint density at radius 1 is 1.05 bits per heavy atom. The van der Waals surface area contributed by atoms with Crippen molar-refractivity contribution in [3.63, 3.8) is 0 Å². The van der Waals surface area contributed by atoms with Crippen LogP contribution in [0.2, 0.25) is 5.02 Å². The Kier molecular flexibility index (Phi) is 4.13. The highest BCUT2D eigenvalue weighted by atomic mass is 35.5. The number of benzene rings is 1. The molecule has 7 heteroatoms. The number of rotatable bonds is 3. The summed E-state index contributed by atoms with van der Waals surface area (Å²) in [5.41, 5.74) is 0.549. The van der Waals surface area contributed by atoms with E-state index in [0.29, 0.717) is 36.9 Å². The summed E-state index contributed by atoms with van der Waals surface area (Å²) in [6.07, 6.45) is 1.00. The molecule has 1 aromatic carbocycles. The molecule has 0 spiro atoms. The lowest BCUT2D eigenvalue weighted by atomic mass is 10.2. The predicted octanol–water partition coefficient (Wildman–Crippen LogP) is 0.746. The highest BCUT2D eigenvalue weighted by molar-refractivity contribution is 6.30. The maximum absolute atomic E-state index is 12.6. The minimum Gasteiger partial charge on any atom is -0.343 e. The molecule has 3 rings (SSSR count). The van der Waals surface area contributed by atoms with Gasteiger partial charge in [-0.2, -0.15) is 0 Å². The summed E-state index contributed by atoms with van der Waals surface area (Å²) < 4.78 is 0. The highest BCUT2D eigenvalue weighted by Gasteiger charge is 2.43. The van der Waals surface area contributed by atoms with Crippen LogP contribution in [0.3, 0.4) is 0 Å². The molecule has 0 radical (unpaired) electrons. The van der Waals surface area contributed by atoms with Crippen molar-refractivity contribution in [3.8, 4) is 0 Å². The van der Waals surface area contributed by atoms with Crippen LogP contribution in [0.25, 0.3) is 0 Å². The molecule has 116 valence electrons. The summed E-state index contributed by atoms with van der Waals surface area (Å²) in [6, 6.07) is 6.23. The largest absolute Gasteiger partial charge is 0.343 e. The van der Waals surface area contributed by atoms with Gasteiger partial charge in [-0.15, -0.1) is 0 Å². The second-order valence-corrected chi connectivity index (χ2v) is 5.88. The van der Waals surface area contributed by atoms with E-state index >= 15 is 0 Å². The number of nitrogens with zero attached hydrogens (tertiary/aromatic N) is 3. The molecule has 0 bridgehead atoms. The van der Waals surface area contributed by atoms with E-state index in [1.165, 1.54) is 4.90 Å². The van der Waals surface area contributed by atoms with Gasteiger partial charge in [-0.3, -0.25) is 19.3 Å². The van der Waals surface area contributed by atoms with Crippen molar-refractivity contribution >= 4 is 35.5 Å². The lowest BCUT2D eigenvalue weighted by Crippen LogP contribution is -2.52. The van der Waals surface area contributed by atoms with Crippen LogP contribution >= 0.6 is 11.6 Å². The first-order valence-electron chi connectivity index (χ1n) is 7.16. The van der Waals surface area contributed by atoms with Crippen molar-refractivity contribution in [1.82, 2.24) is 9.80 Å². The van der Waals surface area contributed by atoms with Gasteiger partial charge < -0.3 is 4.90 Å². The molecular formula is C15H16ClN3O3. The van der Waals surface area contributed by atoms with E-state index in [4.69, 9.17) is 11.6 Å². The Balaban J connectivity index is 1.74. The van der Waals surface area contributed by atoms with Crippen molar-refractivity contribution in [2.45, 2.75) is 12.5 Å². The van der Waals surface area contributed by atoms with Gasteiger partial charge >= 0.3 is 0 Å². The third kappa shape index (κ3) is 2.71. The van der Waals surface area contributed by atoms with Crippen molar-refractivity contribution in [2.24, 2.45) is 0 Å². The lowest BCUT2D eigenvalue weighted by molar-refractivity contribution is -0.124. The van der Waals surface area contributed by atoms with Gasteiger partial charge in [-0.1, -0.05) is 11.6 Å². The quantitative estimate of drug-likeness (QED) is 0.609. The maximum atomic E-state index is 12.6. The van der Waals surface area contributed by atoms with Crippen LogP contribution in [0.4, 0.5) is 5.69 Å². The number of halogens is 1. The number of carbonyl (C=O) groups excluding carboxylic acids is 3. The predicted molar refractivity (Wildman–Crippen MR) is 81.6 cm³/mol. The molecule has 2 fully saturated rings. The maximum Gasteiger partial charge on any atom is 0.251 e. The average Bonchev–Trinajstić information content (AvgIpc) is 2.83. The Morgan fingerprint density at radius 3 is 2.27 bits per heavy atom. The van der Waals surface area contributed by atoms with Crippen LogP contribution in [0.15, 0.2) is 24.3 Å². The Hall–Kier alpha value is -1.92. The van der Waals surface area contributed by atoms with E-state index in [0.717, 1.165) is 6.41 Å². The summed E-state index contributed by atoms with van der Waals surface area (Å²) >= 11 is 5.84. The standard InChI is InChI=1S/C15H16ClN3O3/c16-11-1-3-12(4-2-11)19-14(21)9-13(15(19)22)18-7-5-17(10-20)6-8-18/h1-4,10,13H,5-9H2/t13-/m1/s1. The van der Waals surface area contributed by atoms with E-state index in [2.05, 4.69) is 0 Å². The molecule has 2 saturated heterocycles. The van der Waals surface area contributed by atoms with Gasteiger partial charge in [-0.05, 0) is 24.3 Å². The molecule has 0 aromatic heterocycles. The number of hydrogen-bond donors (Lipinski definition) is 0. The molecular weight excluding hydrogens is 306 g/mol. The highest BCUT2D eigenvalue weighted by Crippen LogP contribution is 2.27. The number of hydrogen-bond acceptors (Lipinski definition) is 4. The van der Waals surface area contributed by atoms with Gasteiger partial charge in [0, 0.05) is 31.2 Å². The fraction of sp³-hybridized carbons (Fsp3) is 0.400. The minimum atomic E-state index is -0.433. The van der Waals surface area contributed by atoms with Crippen LogP contribution < -0.4 is 4.90 Å². The number of anilines is 1. The van der Waals surface area contributed by atoms with Crippen molar-refractivity contribution in [1.29, 1.82) is 0 Å². The summed E-state index contributed by atoms with van der Waals surface area (Å²) in [5.74, 6) is -0.401. The molecule has 1 atom stereocenters. The smallest absolute Gasteiger partial charge is 0.251 e. The molecule has 0 N–H and O–H groups in total. The zero-order chi connectivity index (χ0) is 15.7. The molecule has 1 aromatic rings.